The second-order valence-electron chi connectivity index (χ2n) is 4.10. The van der Waals surface area contributed by atoms with Crippen molar-refractivity contribution in [1.29, 1.82) is 0 Å². The molecule has 0 saturated carbocycles. The molecule has 94 valence electrons. The number of aryl methyl sites for hydroxylation is 2. The molecule has 1 aliphatic heterocycles. The van der Waals surface area contributed by atoms with E-state index in [1.807, 2.05) is 32.0 Å². The number of hydrogen-bond acceptors (Lipinski definition) is 3. The van der Waals surface area contributed by atoms with Crippen LogP contribution in [0, 0.1) is 13.8 Å². The van der Waals surface area contributed by atoms with Gasteiger partial charge in [-0.3, -0.25) is 9.59 Å². The standard InChI is InChI=1S/C13H14N2O2S/c1-8-4-3-5-9(2)13(8)15-10(16)6-12-14-11(17)7-18-12/h3-6H,7H2,1-2H3,(H,14,17)(H,15,16). The lowest BCUT2D eigenvalue weighted by molar-refractivity contribution is -0.117. The highest BCUT2D eigenvalue weighted by Gasteiger charge is 2.16. The summed E-state index contributed by atoms with van der Waals surface area (Å²) < 4.78 is 0. The van der Waals surface area contributed by atoms with Gasteiger partial charge in [0.25, 0.3) is 5.91 Å². The molecule has 1 aliphatic rings. The first-order valence-electron chi connectivity index (χ1n) is 5.58. The van der Waals surface area contributed by atoms with Crippen LogP contribution in [0.1, 0.15) is 11.1 Å². The van der Waals surface area contributed by atoms with E-state index in [2.05, 4.69) is 10.6 Å². The molecule has 1 aromatic carbocycles. The van der Waals surface area contributed by atoms with E-state index >= 15 is 0 Å². The maximum atomic E-state index is 11.8. The van der Waals surface area contributed by atoms with Crippen LogP contribution in [0.25, 0.3) is 0 Å². The van der Waals surface area contributed by atoms with Crippen molar-refractivity contribution in [2.75, 3.05) is 11.1 Å². The van der Waals surface area contributed by atoms with Gasteiger partial charge in [-0.25, -0.2) is 0 Å². The van der Waals surface area contributed by atoms with Gasteiger partial charge in [-0.1, -0.05) is 30.0 Å². The lowest BCUT2D eigenvalue weighted by Crippen LogP contribution is -2.17. The van der Waals surface area contributed by atoms with Crippen molar-refractivity contribution in [2.45, 2.75) is 13.8 Å². The summed E-state index contributed by atoms with van der Waals surface area (Å²) in [5.74, 6) is 0.0888. The molecule has 0 spiro atoms. The molecule has 1 fully saturated rings. The number of thioether (sulfide) groups is 1. The Hall–Kier alpha value is -1.75. The number of rotatable bonds is 2. The maximum absolute atomic E-state index is 11.8. The highest BCUT2D eigenvalue weighted by atomic mass is 32.2. The van der Waals surface area contributed by atoms with E-state index in [9.17, 15) is 9.59 Å². The molecule has 2 rings (SSSR count). The molecule has 0 atom stereocenters. The minimum absolute atomic E-state index is 0.0638. The highest BCUT2D eigenvalue weighted by molar-refractivity contribution is 8.04. The molecule has 18 heavy (non-hydrogen) atoms. The summed E-state index contributed by atoms with van der Waals surface area (Å²) in [4.78, 5) is 22.8. The van der Waals surface area contributed by atoms with Gasteiger partial charge >= 0.3 is 0 Å². The molecule has 4 nitrogen and oxygen atoms in total. The van der Waals surface area contributed by atoms with Crippen LogP contribution in [-0.2, 0) is 9.59 Å². The van der Waals surface area contributed by atoms with Crippen molar-refractivity contribution in [3.8, 4) is 0 Å². The molecular formula is C13H14N2O2S. The van der Waals surface area contributed by atoms with Crippen molar-refractivity contribution < 1.29 is 9.59 Å². The Kier molecular flexibility index (Phi) is 3.72. The van der Waals surface area contributed by atoms with Crippen LogP contribution < -0.4 is 10.6 Å². The summed E-state index contributed by atoms with van der Waals surface area (Å²) in [5, 5.41) is 6.07. The highest BCUT2D eigenvalue weighted by Crippen LogP contribution is 2.21. The SMILES string of the molecule is Cc1cccc(C)c1NC(=O)C=C1NC(=O)CS1. The summed E-state index contributed by atoms with van der Waals surface area (Å²) in [6, 6.07) is 5.84. The van der Waals surface area contributed by atoms with Gasteiger partial charge < -0.3 is 10.6 Å². The van der Waals surface area contributed by atoms with E-state index in [0.717, 1.165) is 16.8 Å². The minimum Gasteiger partial charge on any atom is -0.322 e. The largest absolute Gasteiger partial charge is 0.322 e. The number of benzene rings is 1. The summed E-state index contributed by atoms with van der Waals surface area (Å²) in [6.45, 7) is 3.89. The quantitative estimate of drug-likeness (QED) is 0.801. The summed E-state index contributed by atoms with van der Waals surface area (Å²) in [5.41, 5.74) is 2.86. The number of nitrogens with one attached hydrogen (secondary N) is 2. The molecule has 2 amide bonds. The maximum Gasteiger partial charge on any atom is 0.251 e. The molecule has 2 N–H and O–H groups in total. The van der Waals surface area contributed by atoms with E-state index in [-0.39, 0.29) is 11.8 Å². The van der Waals surface area contributed by atoms with E-state index in [1.54, 1.807) is 0 Å². The van der Waals surface area contributed by atoms with Gasteiger partial charge in [0.2, 0.25) is 5.91 Å². The first-order chi connectivity index (χ1) is 8.56. The minimum atomic E-state index is -0.225. The molecular weight excluding hydrogens is 248 g/mol. The summed E-state index contributed by atoms with van der Waals surface area (Å²) >= 11 is 1.34. The monoisotopic (exact) mass is 262 g/mol. The Morgan fingerprint density at radius 3 is 2.61 bits per heavy atom. The van der Waals surface area contributed by atoms with Crippen LogP contribution in [-0.4, -0.2) is 17.6 Å². The predicted molar refractivity (Wildman–Crippen MR) is 73.2 cm³/mol. The molecule has 0 radical (unpaired) electrons. The number of hydrogen-bond donors (Lipinski definition) is 2. The van der Waals surface area contributed by atoms with Crippen LogP contribution in [0.15, 0.2) is 29.3 Å². The van der Waals surface area contributed by atoms with Gasteiger partial charge in [0.05, 0.1) is 10.8 Å². The van der Waals surface area contributed by atoms with Crippen molar-refractivity contribution in [3.05, 3.63) is 40.4 Å². The fraction of sp³-hybridized carbons (Fsp3) is 0.231. The topological polar surface area (TPSA) is 58.2 Å². The third kappa shape index (κ3) is 2.92. The van der Waals surface area contributed by atoms with E-state index in [0.29, 0.717) is 10.8 Å². The lowest BCUT2D eigenvalue weighted by Gasteiger charge is -2.09. The van der Waals surface area contributed by atoms with Crippen LogP contribution in [0.3, 0.4) is 0 Å². The first-order valence-corrected chi connectivity index (χ1v) is 6.56. The van der Waals surface area contributed by atoms with E-state index < -0.39 is 0 Å². The van der Waals surface area contributed by atoms with Gasteiger partial charge in [-0.2, -0.15) is 0 Å². The number of anilines is 1. The zero-order valence-electron chi connectivity index (χ0n) is 10.2. The molecule has 0 aliphatic carbocycles. The van der Waals surface area contributed by atoms with Crippen molar-refractivity contribution in [2.24, 2.45) is 0 Å². The zero-order chi connectivity index (χ0) is 13.1. The predicted octanol–water partition coefficient (Wildman–Crippen LogP) is 1.95. The third-order valence-corrected chi connectivity index (χ3v) is 3.55. The van der Waals surface area contributed by atoms with Crippen molar-refractivity contribution in [1.82, 2.24) is 5.32 Å². The smallest absolute Gasteiger partial charge is 0.251 e. The van der Waals surface area contributed by atoms with Gasteiger partial charge in [0.1, 0.15) is 0 Å². The Bertz CT molecular complexity index is 518. The molecule has 1 heterocycles. The summed E-state index contributed by atoms with van der Waals surface area (Å²) in [6.07, 6.45) is 1.42. The van der Waals surface area contributed by atoms with Gasteiger partial charge in [0, 0.05) is 11.8 Å². The zero-order valence-corrected chi connectivity index (χ0v) is 11.1. The number of amides is 2. The van der Waals surface area contributed by atoms with Crippen molar-refractivity contribution in [3.63, 3.8) is 0 Å². The molecule has 0 unspecified atom stereocenters. The second kappa shape index (κ2) is 5.27. The van der Waals surface area contributed by atoms with E-state index in [4.69, 9.17) is 0 Å². The first kappa shape index (κ1) is 12.7. The lowest BCUT2D eigenvalue weighted by atomic mass is 10.1. The second-order valence-corrected chi connectivity index (χ2v) is 5.12. The Morgan fingerprint density at radius 2 is 2.06 bits per heavy atom. The molecule has 1 aromatic rings. The number of carbonyl (C=O) groups is 2. The fourth-order valence-corrected chi connectivity index (χ4v) is 2.46. The van der Waals surface area contributed by atoms with Crippen LogP contribution in [0.5, 0.6) is 0 Å². The van der Waals surface area contributed by atoms with Gasteiger partial charge in [0.15, 0.2) is 0 Å². The number of carbonyl (C=O) groups excluding carboxylic acids is 2. The van der Waals surface area contributed by atoms with Crippen molar-refractivity contribution >= 4 is 29.3 Å². The molecule has 0 bridgehead atoms. The Labute approximate surface area is 110 Å². The normalized spacial score (nSPS) is 16.8. The molecule has 5 heteroatoms. The van der Waals surface area contributed by atoms with Crippen LogP contribution in [0.4, 0.5) is 5.69 Å². The average molecular weight is 262 g/mol. The third-order valence-electron chi connectivity index (χ3n) is 2.61. The number of para-hydroxylation sites is 1. The van der Waals surface area contributed by atoms with Gasteiger partial charge in [-0.05, 0) is 25.0 Å². The average Bonchev–Trinajstić information content (AvgIpc) is 2.69. The molecule has 0 aromatic heterocycles. The summed E-state index contributed by atoms with van der Waals surface area (Å²) in [7, 11) is 0. The Morgan fingerprint density at radius 1 is 1.39 bits per heavy atom. The van der Waals surface area contributed by atoms with Crippen LogP contribution >= 0.6 is 11.8 Å². The molecule has 1 saturated heterocycles. The van der Waals surface area contributed by atoms with E-state index in [1.165, 1.54) is 17.8 Å². The Balaban J connectivity index is 2.10. The van der Waals surface area contributed by atoms with Crippen LogP contribution in [0.2, 0.25) is 0 Å². The fourth-order valence-electron chi connectivity index (χ4n) is 1.72. The van der Waals surface area contributed by atoms with Gasteiger partial charge in [-0.15, -0.1) is 0 Å².